The molecule has 1 fully saturated rings. The Morgan fingerprint density at radius 1 is 1.17 bits per heavy atom. The second-order valence-corrected chi connectivity index (χ2v) is 10.5. The molecular formula is C30H27F2N7O3. The quantitative estimate of drug-likeness (QED) is 0.296. The molecular weight excluding hydrogens is 544 g/mol. The number of likely N-dealkylation sites (tertiary alicyclic amines) is 1. The van der Waals surface area contributed by atoms with E-state index in [0.29, 0.717) is 51.8 Å². The number of nitrogens with zero attached hydrogens (tertiary/aromatic N) is 6. The molecule has 1 N–H and O–H groups in total. The van der Waals surface area contributed by atoms with Gasteiger partial charge in [-0.05, 0) is 36.2 Å². The molecule has 0 saturated carbocycles. The van der Waals surface area contributed by atoms with E-state index in [0.717, 1.165) is 0 Å². The first-order chi connectivity index (χ1) is 20.2. The molecule has 42 heavy (non-hydrogen) atoms. The SMILES string of the molecule is CNC(=O)/C(=C(\C=O)c1cn2c3c(cc(C#N)cc13)CN(C(=O)N1CCCC(F)(F)C1)CC2)c1cnc2ccccn12. The van der Waals surface area contributed by atoms with Crippen molar-refractivity contribution in [1.82, 2.24) is 29.1 Å². The van der Waals surface area contributed by atoms with Crippen molar-refractivity contribution in [2.75, 3.05) is 26.7 Å². The summed E-state index contributed by atoms with van der Waals surface area (Å²) in [6, 6.07) is 10.4. The number of alkyl halides is 2. The maximum atomic E-state index is 14.1. The van der Waals surface area contributed by atoms with Gasteiger partial charge in [0.15, 0.2) is 6.29 Å². The van der Waals surface area contributed by atoms with Gasteiger partial charge in [0, 0.05) is 68.6 Å². The van der Waals surface area contributed by atoms with Crippen LogP contribution in [0.15, 0.2) is 48.9 Å². The van der Waals surface area contributed by atoms with Crippen LogP contribution in [0.4, 0.5) is 13.6 Å². The number of benzene rings is 1. The van der Waals surface area contributed by atoms with Crippen molar-refractivity contribution in [1.29, 1.82) is 5.26 Å². The third kappa shape index (κ3) is 4.56. The first-order valence-electron chi connectivity index (χ1n) is 13.6. The predicted molar refractivity (Wildman–Crippen MR) is 150 cm³/mol. The zero-order valence-electron chi connectivity index (χ0n) is 22.8. The Bertz CT molecular complexity index is 1830. The predicted octanol–water partition coefficient (Wildman–Crippen LogP) is 3.68. The van der Waals surface area contributed by atoms with Crippen molar-refractivity contribution >= 4 is 45.9 Å². The summed E-state index contributed by atoms with van der Waals surface area (Å²) in [5, 5.41) is 13.0. The molecule has 1 aromatic carbocycles. The highest BCUT2D eigenvalue weighted by atomic mass is 19.3. The highest BCUT2D eigenvalue weighted by Gasteiger charge is 2.39. The summed E-state index contributed by atoms with van der Waals surface area (Å²) in [4.78, 5) is 46.5. The number of aromatic nitrogens is 3. The summed E-state index contributed by atoms with van der Waals surface area (Å²) in [7, 11) is 1.48. The molecule has 1 saturated heterocycles. The molecule has 0 aliphatic carbocycles. The van der Waals surface area contributed by atoms with E-state index in [1.165, 1.54) is 23.0 Å². The Hall–Kier alpha value is -5.05. The van der Waals surface area contributed by atoms with Gasteiger partial charge in [-0.1, -0.05) is 6.07 Å². The molecule has 12 heteroatoms. The largest absolute Gasteiger partial charge is 0.355 e. The number of carbonyl (C=O) groups excluding carboxylic acids is 3. The summed E-state index contributed by atoms with van der Waals surface area (Å²) in [5.41, 5.74) is 3.37. The second kappa shape index (κ2) is 10.4. The van der Waals surface area contributed by atoms with Crippen molar-refractivity contribution in [3.8, 4) is 6.07 Å². The van der Waals surface area contributed by atoms with Crippen molar-refractivity contribution in [3.05, 3.63) is 71.3 Å². The fraction of sp³-hybridized carbons (Fsp3) is 0.300. The number of hydrogen-bond donors (Lipinski definition) is 1. The van der Waals surface area contributed by atoms with Gasteiger partial charge >= 0.3 is 6.03 Å². The van der Waals surface area contributed by atoms with Crippen LogP contribution in [0.5, 0.6) is 0 Å². The number of likely N-dealkylation sites (N-methyl/N-ethyl adjacent to an activating group) is 1. The lowest BCUT2D eigenvalue weighted by Gasteiger charge is -2.36. The van der Waals surface area contributed by atoms with Gasteiger partial charge in [-0.25, -0.2) is 18.6 Å². The Morgan fingerprint density at radius 3 is 2.74 bits per heavy atom. The lowest BCUT2D eigenvalue weighted by Crippen LogP contribution is -2.51. The third-order valence-corrected chi connectivity index (χ3v) is 7.89. The number of aldehydes is 1. The standard InChI is InChI=1S/C30H27F2N7O3/c1-34-28(41)26(24-14-35-25-5-2-3-8-39(24)25)23(17-40)22-16-36-9-10-37(29(42)38-7-4-6-30(31,32)18-38)15-20-11-19(13-33)12-21(22)27(20)36/h2-3,5,8,11-12,14,16-17H,4,6-7,9-10,15,18H2,1H3,(H,34,41)/b26-23+. The van der Waals surface area contributed by atoms with Gasteiger partial charge in [-0.2, -0.15) is 5.26 Å². The molecule has 0 atom stereocenters. The van der Waals surface area contributed by atoms with Crippen LogP contribution in [-0.4, -0.2) is 74.6 Å². The molecule has 214 valence electrons. The number of amides is 3. The van der Waals surface area contributed by atoms with E-state index in [1.807, 2.05) is 10.6 Å². The van der Waals surface area contributed by atoms with Crippen molar-refractivity contribution < 1.29 is 23.2 Å². The number of pyridine rings is 1. The maximum Gasteiger partial charge on any atom is 0.320 e. The van der Waals surface area contributed by atoms with E-state index < -0.39 is 24.4 Å². The van der Waals surface area contributed by atoms with Crippen LogP contribution >= 0.6 is 0 Å². The number of rotatable bonds is 4. The summed E-state index contributed by atoms with van der Waals surface area (Å²) in [5.74, 6) is -3.41. The first kappa shape index (κ1) is 27.1. The van der Waals surface area contributed by atoms with E-state index in [9.17, 15) is 28.4 Å². The van der Waals surface area contributed by atoms with E-state index in [-0.39, 0.29) is 43.6 Å². The van der Waals surface area contributed by atoms with Gasteiger partial charge in [-0.3, -0.25) is 14.0 Å². The Labute approximate surface area is 239 Å². The topological polar surface area (TPSA) is 116 Å². The zero-order chi connectivity index (χ0) is 29.6. The Kier molecular flexibility index (Phi) is 6.73. The van der Waals surface area contributed by atoms with Crippen molar-refractivity contribution in [3.63, 3.8) is 0 Å². The molecule has 4 aromatic rings. The van der Waals surface area contributed by atoms with Crippen molar-refractivity contribution in [2.45, 2.75) is 31.9 Å². The fourth-order valence-electron chi connectivity index (χ4n) is 5.99. The van der Waals surface area contributed by atoms with Crippen LogP contribution in [0.25, 0.3) is 27.7 Å². The number of allylic oxidation sites excluding steroid dienone is 1. The third-order valence-electron chi connectivity index (χ3n) is 7.89. The number of imidazole rings is 1. The summed E-state index contributed by atoms with van der Waals surface area (Å²) in [6.45, 7) is 0.296. The van der Waals surface area contributed by atoms with Gasteiger partial charge in [0.05, 0.1) is 41.2 Å². The number of carbonyl (C=O) groups is 3. The van der Waals surface area contributed by atoms with Crippen LogP contribution in [0, 0.1) is 11.3 Å². The molecule has 3 amide bonds. The minimum Gasteiger partial charge on any atom is -0.355 e. The van der Waals surface area contributed by atoms with Crippen LogP contribution in [0.2, 0.25) is 0 Å². The number of halogens is 2. The molecule has 0 radical (unpaired) electrons. The second-order valence-electron chi connectivity index (χ2n) is 10.5. The minimum absolute atomic E-state index is 0.103. The molecule has 0 bridgehead atoms. The van der Waals surface area contributed by atoms with Gasteiger partial charge in [0.25, 0.3) is 11.8 Å². The normalized spacial score (nSPS) is 17.0. The average Bonchev–Trinajstić information content (AvgIpc) is 3.52. The fourth-order valence-corrected chi connectivity index (χ4v) is 5.99. The Morgan fingerprint density at radius 2 is 2.00 bits per heavy atom. The van der Waals surface area contributed by atoms with E-state index >= 15 is 0 Å². The van der Waals surface area contributed by atoms with Gasteiger partial charge < -0.3 is 19.7 Å². The van der Waals surface area contributed by atoms with Crippen molar-refractivity contribution in [2.24, 2.45) is 0 Å². The maximum absolute atomic E-state index is 14.1. The monoisotopic (exact) mass is 571 g/mol. The number of hydrogen-bond acceptors (Lipinski definition) is 5. The lowest BCUT2D eigenvalue weighted by atomic mass is 9.96. The Balaban J connectivity index is 1.49. The van der Waals surface area contributed by atoms with E-state index in [4.69, 9.17) is 0 Å². The van der Waals surface area contributed by atoms with Crippen LogP contribution in [0.3, 0.4) is 0 Å². The van der Waals surface area contributed by atoms with E-state index in [2.05, 4.69) is 16.4 Å². The number of nitriles is 1. The molecule has 2 aliphatic rings. The van der Waals surface area contributed by atoms with Gasteiger partial charge in [0.1, 0.15) is 5.65 Å². The number of fused-ring (bicyclic) bond motifs is 1. The lowest BCUT2D eigenvalue weighted by molar-refractivity contribution is -0.115. The molecule has 6 rings (SSSR count). The summed E-state index contributed by atoms with van der Waals surface area (Å²) < 4.78 is 31.8. The minimum atomic E-state index is -2.92. The highest BCUT2D eigenvalue weighted by molar-refractivity contribution is 6.36. The smallest absolute Gasteiger partial charge is 0.320 e. The number of piperidine rings is 1. The molecule has 3 aromatic heterocycles. The molecule has 0 spiro atoms. The molecule has 0 unspecified atom stereocenters. The molecule has 2 aliphatic heterocycles. The first-order valence-corrected chi connectivity index (χ1v) is 13.6. The van der Waals surface area contributed by atoms with Gasteiger partial charge in [-0.15, -0.1) is 0 Å². The van der Waals surface area contributed by atoms with E-state index in [1.54, 1.807) is 41.1 Å². The van der Waals surface area contributed by atoms with Gasteiger partial charge in [0.2, 0.25) is 0 Å². The number of urea groups is 1. The van der Waals surface area contributed by atoms with Crippen LogP contribution in [0.1, 0.15) is 35.2 Å². The molecule has 5 heterocycles. The van der Waals surface area contributed by atoms with Crippen LogP contribution in [-0.2, 0) is 22.7 Å². The summed E-state index contributed by atoms with van der Waals surface area (Å²) in [6.07, 6.45) is 5.64. The number of nitrogens with one attached hydrogen (secondary N) is 1. The summed E-state index contributed by atoms with van der Waals surface area (Å²) >= 11 is 0. The average molecular weight is 572 g/mol. The molecule has 10 nitrogen and oxygen atoms in total. The van der Waals surface area contributed by atoms with Crippen LogP contribution < -0.4 is 5.32 Å². The highest BCUT2D eigenvalue weighted by Crippen LogP contribution is 2.36. The zero-order valence-corrected chi connectivity index (χ0v) is 22.8.